The molecule has 0 unspecified atom stereocenters. The largest absolute Gasteiger partial charge is 0.384 e. The van der Waals surface area contributed by atoms with E-state index in [1.807, 2.05) is 13.8 Å². The maximum Gasteiger partial charge on any atom is 0.168 e. The highest BCUT2D eigenvalue weighted by Gasteiger charge is 2.03. The molecule has 0 aromatic heterocycles. The summed E-state index contributed by atoms with van der Waals surface area (Å²) in [5.74, 6) is 5.30. The van der Waals surface area contributed by atoms with E-state index in [0.717, 1.165) is 0 Å². The van der Waals surface area contributed by atoms with Crippen LogP contribution >= 0.6 is 0 Å². The Balaban J connectivity index is 3.61. The highest BCUT2D eigenvalue weighted by atomic mass is 16.7. The predicted octanol–water partition coefficient (Wildman–Crippen LogP) is 0.771. The lowest BCUT2D eigenvalue weighted by molar-refractivity contribution is -0.131. The van der Waals surface area contributed by atoms with Gasteiger partial charge in [0.25, 0.3) is 0 Å². The van der Waals surface area contributed by atoms with Crippen molar-refractivity contribution in [3.8, 4) is 11.8 Å². The molecule has 0 aromatic rings. The molecule has 0 bridgehead atoms. The van der Waals surface area contributed by atoms with Crippen LogP contribution in [-0.4, -0.2) is 31.2 Å². The van der Waals surface area contributed by atoms with E-state index in [4.69, 9.17) is 14.6 Å². The average molecular weight is 172 g/mol. The second-order valence-electron chi connectivity index (χ2n) is 2.06. The Bertz CT molecular complexity index is 140. The Morgan fingerprint density at radius 2 is 1.75 bits per heavy atom. The van der Waals surface area contributed by atoms with Crippen molar-refractivity contribution in [3.05, 3.63) is 0 Å². The van der Waals surface area contributed by atoms with Crippen LogP contribution in [0.1, 0.15) is 20.3 Å². The summed E-state index contributed by atoms with van der Waals surface area (Å²) in [6.45, 7) is 4.94. The van der Waals surface area contributed by atoms with Gasteiger partial charge in [-0.15, -0.1) is 0 Å². The third-order valence-corrected chi connectivity index (χ3v) is 1.18. The molecule has 70 valence electrons. The van der Waals surface area contributed by atoms with Crippen molar-refractivity contribution in [2.45, 2.75) is 26.6 Å². The molecule has 0 atom stereocenters. The standard InChI is InChI=1S/C9H16O3/c1-3-11-9(12-4-2)7-5-6-8-10/h9-10H,3-4,7-8H2,1-2H3. The first kappa shape index (κ1) is 11.4. The molecule has 0 fully saturated rings. The minimum Gasteiger partial charge on any atom is -0.384 e. The van der Waals surface area contributed by atoms with E-state index in [2.05, 4.69) is 11.8 Å². The molecule has 0 saturated heterocycles. The van der Waals surface area contributed by atoms with Gasteiger partial charge in [0.1, 0.15) is 6.61 Å². The summed E-state index contributed by atoms with van der Waals surface area (Å²) >= 11 is 0. The van der Waals surface area contributed by atoms with E-state index in [-0.39, 0.29) is 12.9 Å². The van der Waals surface area contributed by atoms with Crippen LogP contribution < -0.4 is 0 Å². The van der Waals surface area contributed by atoms with Crippen molar-refractivity contribution in [1.29, 1.82) is 0 Å². The summed E-state index contributed by atoms with van der Waals surface area (Å²) in [4.78, 5) is 0. The molecule has 1 N–H and O–H groups in total. The van der Waals surface area contributed by atoms with Crippen molar-refractivity contribution in [2.75, 3.05) is 19.8 Å². The van der Waals surface area contributed by atoms with Crippen molar-refractivity contribution in [3.63, 3.8) is 0 Å². The van der Waals surface area contributed by atoms with Gasteiger partial charge in [-0.05, 0) is 13.8 Å². The summed E-state index contributed by atoms with van der Waals surface area (Å²) in [6, 6.07) is 0. The SMILES string of the molecule is CCOC(CC#CCO)OCC. The summed E-state index contributed by atoms with van der Waals surface area (Å²) in [5.41, 5.74) is 0. The normalized spacial score (nSPS) is 9.67. The van der Waals surface area contributed by atoms with Gasteiger partial charge in [0.15, 0.2) is 6.29 Å². The quantitative estimate of drug-likeness (QED) is 0.492. The molecule has 0 spiro atoms. The minimum absolute atomic E-state index is 0.106. The molecule has 0 amide bonds. The first-order chi connectivity index (χ1) is 5.85. The van der Waals surface area contributed by atoms with Crippen LogP contribution in [0.15, 0.2) is 0 Å². The zero-order chi connectivity index (χ0) is 9.23. The summed E-state index contributed by atoms with van der Waals surface area (Å²) < 4.78 is 10.4. The van der Waals surface area contributed by atoms with Crippen LogP contribution in [0, 0.1) is 11.8 Å². The van der Waals surface area contributed by atoms with Gasteiger partial charge in [-0.25, -0.2) is 0 Å². The van der Waals surface area contributed by atoms with Crippen LogP contribution in [0.3, 0.4) is 0 Å². The Morgan fingerprint density at radius 3 is 2.17 bits per heavy atom. The van der Waals surface area contributed by atoms with Crippen molar-refractivity contribution < 1.29 is 14.6 Å². The van der Waals surface area contributed by atoms with E-state index in [0.29, 0.717) is 19.6 Å². The molecule has 3 heteroatoms. The van der Waals surface area contributed by atoms with Gasteiger partial charge in [-0.2, -0.15) is 0 Å². The van der Waals surface area contributed by atoms with Crippen LogP contribution in [-0.2, 0) is 9.47 Å². The van der Waals surface area contributed by atoms with Gasteiger partial charge in [-0.3, -0.25) is 0 Å². The minimum atomic E-state index is -0.251. The maximum absolute atomic E-state index is 8.38. The number of hydrogen-bond donors (Lipinski definition) is 1. The average Bonchev–Trinajstić information content (AvgIpc) is 2.06. The van der Waals surface area contributed by atoms with Crippen molar-refractivity contribution >= 4 is 0 Å². The van der Waals surface area contributed by atoms with E-state index in [9.17, 15) is 0 Å². The molecule has 0 aliphatic heterocycles. The number of ether oxygens (including phenoxy) is 2. The molecule has 0 saturated carbocycles. The van der Waals surface area contributed by atoms with Crippen LogP contribution in [0.2, 0.25) is 0 Å². The Morgan fingerprint density at radius 1 is 1.17 bits per heavy atom. The summed E-state index contributed by atoms with van der Waals surface area (Å²) in [5, 5.41) is 8.38. The molecular formula is C9H16O3. The lowest BCUT2D eigenvalue weighted by atomic mass is 10.4. The van der Waals surface area contributed by atoms with Crippen LogP contribution in [0.5, 0.6) is 0 Å². The first-order valence-corrected chi connectivity index (χ1v) is 4.14. The van der Waals surface area contributed by atoms with E-state index >= 15 is 0 Å². The van der Waals surface area contributed by atoms with Crippen LogP contribution in [0.25, 0.3) is 0 Å². The highest BCUT2D eigenvalue weighted by molar-refractivity contribution is 4.99. The third-order valence-electron chi connectivity index (χ3n) is 1.18. The predicted molar refractivity (Wildman–Crippen MR) is 46.5 cm³/mol. The van der Waals surface area contributed by atoms with Gasteiger partial charge in [0.05, 0.1) is 6.42 Å². The number of aliphatic hydroxyl groups is 1. The van der Waals surface area contributed by atoms with Gasteiger partial charge in [0.2, 0.25) is 0 Å². The van der Waals surface area contributed by atoms with Gasteiger partial charge in [-0.1, -0.05) is 11.8 Å². The lowest BCUT2D eigenvalue weighted by Gasteiger charge is -2.13. The first-order valence-electron chi connectivity index (χ1n) is 4.14. The number of aliphatic hydroxyl groups excluding tert-OH is 1. The fourth-order valence-electron chi connectivity index (χ4n) is 0.749. The second-order valence-corrected chi connectivity index (χ2v) is 2.06. The molecule has 0 radical (unpaired) electrons. The van der Waals surface area contributed by atoms with Gasteiger partial charge < -0.3 is 14.6 Å². The number of rotatable bonds is 5. The van der Waals surface area contributed by atoms with Gasteiger partial charge >= 0.3 is 0 Å². The summed E-state index contributed by atoms with van der Waals surface area (Å²) in [6.07, 6.45) is 0.265. The van der Waals surface area contributed by atoms with Crippen LogP contribution in [0.4, 0.5) is 0 Å². The van der Waals surface area contributed by atoms with Crippen molar-refractivity contribution in [2.24, 2.45) is 0 Å². The Kier molecular flexibility index (Phi) is 8.14. The zero-order valence-corrected chi connectivity index (χ0v) is 7.67. The van der Waals surface area contributed by atoms with E-state index in [1.165, 1.54) is 0 Å². The highest BCUT2D eigenvalue weighted by Crippen LogP contribution is 1.98. The fraction of sp³-hybridized carbons (Fsp3) is 0.778. The molecule has 0 heterocycles. The topological polar surface area (TPSA) is 38.7 Å². The molecule has 0 rings (SSSR count). The molecule has 3 nitrogen and oxygen atoms in total. The van der Waals surface area contributed by atoms with E-state index < -0.39 is 0 Å². The zero-order valence-electron chi connectivity index (χ0n) is 7.67. The molecular weight excluding hydrogens is 156 g/mol. The maximum atomic E-state index is 8.38. The second kappa shape index (κ2) is 8.54. The summed E-state index contributed by atoms with van der Waals surface area (Å²) in [7, 11) is 0. The molecule has 0 aromatic carbocycles. The third kappa shape index (κ3) is 6.17. The molecule has 12 heavy (non-hydrogen) atoms. The smallest absolute Gasteiger partial charge is 0.168 e. The monoisotopic (exact) mass is 172 g/mol. The number of hydrogen-bond acceptors (Lipinski definition) is 3. The lowest BCUT2D eigenvalue weighted by Crippen LogP contribution is -2.16. The fourth-order valence-corrected chi connectivity index (χ4v) is 0.749. The van der Waals surface area contributed by atoms with E-state index in [1.54, 1.807) is 0 Å². The van der Waals surface area contributed by atoms with Crippen molar-refractivity contribution in [1.82, 2.24) is 0 Å². The Hall–Kier alpha value is -0.560. The molecule has 0 aliphatic carbocycles. The van der Waals surface area contributed by atoms with Gasteiger partial charge in [0, 0.05) is 13.2 Å². The Labute approximate surface area is 73.7 Å². The molecule has 0 aliphatic rings.